The van der Waals surface area contributed by atoms with E-state index in [9.17, 15) is 4.79 Å². The van der Waals surface area contributed by atoms with Gasteiger partial charge in [-0.2, -0.15) is 0 Å². The highest BCUT2D eigenvalue weighted by Gasteiger charge is 2.25. The van der Waals surface area contributed by atoms with Crippen LogP contribution in [0.25, 0.3) is 0 Å². The number of aromatic nitrogens is 1. The number of likely N-dealkylation sites (tertiary alicyclic amines) is 1. The number of Topliss-reactive ketones (excluding diaryl/α,β-unsaturated/α-hetero) is 1. The molecule has 2 rings (SSSR count). The number of carbonyl (C=O) groups excluding carboxylic acids is 1. The van der Waals surface area contributed by atoms with E-state index in [0.717, 1.165) is 37.2 Å². The maximum Gasteiger partial charge on any atom is 0.182 e. The summed E-state index contributed by atoms with van der Waals surface area (Å²) in [6.07, 6.45) is 2.30. The van der Waals surface area contributed by atoms with Gasteiger partial charge in [0.2, 0.25) is 0 Å². The molecule has 1 saturated heterocycles. The van der Waals surface area contributed by atoms with Gasteiger partial charge in [0.25, 0.3) is 0 Å². The van der Waals surface area contributed by atoms with Gasteiger partial charge in [0.1, 0.15) is 0 Å². The smallest absolute Gasteiger partial charge is 0.182 e. The minimum absolute atomic E-state index is 0.0361. The Morgan fingerprint density at radius 1 is 1.37 bits per heavy atom. The summed E-state index contributed by atoms with van der Waals surface area (Å²) in [6.45, 7) is 8.11. The zero-order chi connectivity index (χ0) is 14.2. The van der Waals surface area contributed by atoms with Crippen LogP contribution in [0, 0.1) is 13.8 Å². The summed E-state index contributed by atoms with van der Waals surface area (Å²) in [5.41, 5.74) is 3.04. The molecule has 0 aromatic carbocycles. The predicted molar refractivity (Wildman–Crippen MR) is 79.3 cm³/mol. The molecule has 1 aromatic rings. The minimum Gasteiger partial charge on any atom is -0.345 e. The van der Waals surface area contributed by atoms with Crippen LogP contribution in [-0.2, 0) is 0 Å². The first kappa shape index (κ1) is 14.6. The van der Waals surface area contributed by atoms with E-state index >= 15 is 0 Å². The van der Waals surface area contributed by atoms with Crippen molar-refractivity contribution in [2.45, 2.75) is 45.0 Å². The Morgan fingerprint density at radius 3 is 2.47 bits per heavy atom. The van der Waals surface area contributed by atoms with Crippen LogP contribution in [0.1, 0.15) is 47.6 Å². The number of ketones is 1. The Morgan fingerprint density at radius 2 is 1.95 bits per heavy atom. The molecule has 106 valence electrons. The lowest BCUT2D eigenvalue weighted by molar-refractivity contribution is 0.0991. The molecule has 3 nitrogen and oxygen atoms in total. The maximum atomic E-state index is 12.1. The summed E-state index contributed by atoms with van der Waals surface area (Å²) in [5.74, 6) is 0.0361. The lowest BCUT2D eigenvalue weighted by atomic mass is 10.0. The summed E-state index contributed by atoms with van der Waals surface area (Å²) in [7, 11) is 2.16. The average Bonchev–Trinajstić information content (AvgIpc) is 2.65. The van der Waals surface area contributed by atoms with Gasteiger partial charge in [-0.1, -0.05) is 0 Å². The highest BCUT2D eigenvalue weighted by molar-refractivity contribution is 6.33. The number of carbonyl (C=O) groups is 1. The van der Waals surface area contributed by atoms with Crippen LogP contribution in [0.2, 0.25) is 0 Å². The summed E-state index contributed by atoms with van der Waals surface area (Å²) >= 11 is 5.94. The third-order valence-electron chi connectivity index (χ3n) is 4.16. The lowest BCUT2D eigenvalue weighted by Crippen LogP contribution is -2.32. The molecule has 2 heterocycles. The van der Waals surface area contributed by atoms with Gasteiger partial charge in [-0.25, -0.2) is 0 Å². The molecule has 0 aliphatic carbocycles. The van der Waals surface area contributed by atoms with Crippen molar-refractivity contribution in [2.75, 3.05) is 20.1 Å². The molecule has 19 heavy (non-hydrogen) atoms. The molecule has 1 aliphatic heterocycles. The number of aryl methyl sites for hydroxylation is 1. The van der Waals surface area contributed by atoms with Crippen molar-refractivity contribution < 1.29 is 4.79 Å². The van der Waals surface area contributed by atoms with Gasteiger partial charge in [0, 0.05) is 23.0 Å². The van der Waals surface area contributed by atoms with Gasteiger partial charge in [0.05, 0.1) is 5.38 Å². The van der Waals surface area contributed by atoms with E-state index in [1.54, 1.807) is 6.92 Å². The second-order valence-electron chi connectivity index (χ2n) is 5.67. The fraction of sp³-hybridized carbons (Fsp3) is 0.667. The summed E-state index contributed by atoms with van der Waals surface area (Å²) in [4.78, 5) is 14.5. The number of hydrogen-bond donors (Lipinski definition) is 0. The van der Waals surface area contributed by atoms with E-state index in [4.69, 9.17) is 11.6 Å². The first-order valence-corrected chi connectivity index (χ1v) is 7.40. The Balaban J connectivity index is 2.29. The molecule has 0 bridgehead atoms. The molecular formula is C15H23ClN2O. The van der Waals surface area contributed by atoms with Crippen molar-refractivity contribution in [1.29, 1.82) is 0 Å². The zero-order valence-electron chi connectivity index (χ0n) is 12.2. The summed E-state index contributed by atoms with van der Waals surface area (Å²) in [5, 5.41) is -0.452. The largest absolute Gasteiger partial charge is 0.345 e. The zero-order valence-corrected chi connectivity index (χ0v) is 13.0. The Hall–Kier alpha value is -0.800. The lowest BCUT2D eigenvalue weighted by Gasteiger charge is -2.31. The normalized spacial score (nSPS) is 19.6. The van der Waals surface area contributed by atoms with Crippen molar-refractivity contribution in [3.05, 3.63) is 23.0 Å². The van der Waals surface area contributed by atoms with Crippen LogP contribution < -0.4 is 0 Å². The van der Waals surface area contributed by atoms with Crippen molar-refractivity contribution in [1.82, 2.24) is 9.47 Å². The first-order chi connectivity index (χ1) is 8.91. The van der Waals surface area contributed by atoms with Gasteiger partial charge in [-0.05, 0) is 59.8 Å². The number of piperidine rings is 1. The molecule has 4 heteroatoms. The highest BCUT2D eigenvalue weighted by Crippen LogP contribution is 2.28. The highest BCUT2D eigenvalue weighted by atomic mass is 35.5. The number of hydrogen-bond acceptors (Lipinski definition) is 2. The number of rotatable bonds is 3. The molecule has 1 aliphatic rings. The molecule has 0 N–H and O–H groups in total. The topological polar surface area (TPSA) is 25.2 Å². The van der Waals surface area contributed by atoms with Crippen molar-refractivity contribution in [2.24, 2.45) is 0 Å². The first-order valence-electron chi connectivity index (χ1n) is 6.97. The SMILES string of the molecule is Cc1cc(C(=O)C(C)Cl)c(C)n1C1CCN(C)CC1. The molecule has 0 radical (unpaired) electrons. The van der Waals surface area contributed by atoms with Crippen LogP contribution in [0.5, 0.6) is 0 Å². The Kier molecular flexibility index (Phi) is 4.36. The van der Waals surface area contributed by atoms with Crippen molar-refractivity contribution in [3.63, 3.8) is 0 Å². The monoisotopic (exact) mass is 282 g/mol. The third kappa shape index (κ3) is 2.87. The second-order valence-corrected chi connectivity index (χ2v) is 6.32. The molecule has 1 fully saturated rings. The van der Waals surface area contributed by atoms with Gasteiger partial charge in [0.15, 0.2) is 5.78 Å². The molecule has 1 unspecified atom stereocenters. The van der Waals surface area contributed by atoms with E-state index in [-0.39, 0.29) is 5.78 Å². The van der Waals surface area contributed by atoms with Gasteiger partial charge in [-0.3, -0.25) is 4.79 Å². The minimum atomic E-state index is -0.452. The molecule has 0 saturated carbocycles. The molecule has 0 spiro atoms. The second kappa shape index (κ2) is 5.68. The molecular weight excluding hydrogens is 260 g/mol. The third-order valence-corrected chi connectivity index (χ3v) is 4.36. The van der Waals surface area contributed by atoms with Gasteiger partial charge in [-0.15, -0.1) is 11.6 Å². The van der Waals surface area contributed by atoms with Gasteiger partial charge >= 0.3 is 0 Å². The molecule has 0 amide bonds. The molecule has 1 aromatic heterocycles. The summed E-state index contributed by atoms with van der Waals surface area (Å²) in [6, 6.07) is 2.51. The van der Waals surface area contributed by atoms with E-state index in [1.807, 2.05) is 13.0 Å². The number of halogens is 1. The van der Waals surface area contributed by atoms with Crippen LogP contribution in [0.4, 0.5) is 0 Å². The fourth-order valence-corrected chi connectivity index (χ4v) is 3.17. The molecule has 1 atom stereocenters. The van der Waals surface area contributed by atoms with E-state index in [0.29, 0.717) is 6.04 Å². The number of alkyl halides is 1. The van der Waals surface area contributed by atoms with Gasteiger partial charge < -0.3 is 9.47 Å². The van der Waals surface area contributed by atoms with E-state index < -0.39 is 5.38 Å². The van der Waals surface area contributed by atoms with Crippen LogP contribution in [-0.4, -0.2) is 40.8 Å². The summed E-state index contributed by atoms with van der Waals surface area (Å²) < 4.78 is 2.33. The number of nitrogens with zero attached hydrogens (tertiary/aromatic N) is 2. The van der Waals surface area contributed by atoms with Crippen LogP contribution >= 0.6 is 11.6 Å². The predicted octanol–water partition coefficient (Wildman–Crippen LogP) is 3.18. The standard InChI is InChI=1S/C15H23ClN2O/c1-10-9-14(15(19)11(2)16)12(3)18(10)13-5-7-17(4)8-6-13/h9,11,13H,5-8H2,1-4H3. The van der Waals surface area contributed by atoms with Crippen molar-refractivity contribution in [3.8, 4) is 0 Å². The Bertz CT molecular complexity index is 471. The quantitative estimate of drug-likeness (QED) is 0.628. The van der Waals surface area contributed by atoms with E-state index in [1.165, 1.54) is 5.69 Å². The maximum absolute atomic E-state index is 12.1. The van der Waals surface area contributed by atoms with Crippen LogP contribution in [0.15, 0.2) is 6.07 Å². The fourth-order valence-electron chi connectivity index (χ4n) is 3.06. The van der Waals surface area contributed by atoms with Crippen LogP contribution in [0.3, 0.4) is 0 Å². The van der Waals surface area contributed by atoms with E-state index in [2.05, 4.69) is 23.4 Å². The average molecular weight is 283 g/mol. The van der Waals surface area contributed by atoms with Crippen molar-refractivity contribution >= 4 is 17.4 Å². The Labute approximate surface area is 120 Å².